The number of pyridine rings is 2. The van der Waals surface area contributed by atoms with Gasteiger partial charge < -0.3 is 19.3 Å². The first-order chi connectivity index (χ1) is 14.6. The smallest absolute Gasteiger partial charge is 0.261 e. The number of hydrogen-bond donors (Lipinski definition) is 1. The fourth-order valence-electron chi connectivity index (χ4n) is 3.31. The second-order valence-electron chi connectivity index (χ2n) is 7.47. The summed E-state index contributed by atoms with van der Waals surface area (Å²) >= 11 is 0. The fraction of sp³-hybridized carbons (Fsp3) is 0.273. The van der Waals surface area contributed by atoms with Crippen molar-refractivity contribution in [2.75, 3.05) is 18.5 Å². The Hall–Kier alpha value is -3.68. The molecular weight excluding hydrogens is 382 g/mol. The maximum atomic E-state index is 5.72. The number of hydrogen-bond acceptors (Lipinski definition) is 8. The van der Waals surface area contributed by atoms with Crippen LogP contribution >= 0.6 is 0 Å². The molecule has 1 N–H and O–H groups in total. The van der Waals surface area contributed by atoms with Gasteiger partial charge in [0.2, 0.25) is 0 Å². The molecule has 0 unspecified atom stereocenters. The van der Waals surface area contributed by atoms with Gasteiger partial charge in [0, 0.05) is 34.9 Å². The minimum atomic E-state index is 0.162. The third-order valence-corrected chi connectivity index (χ3v) is 4.87. The first-order valence-corrected chi connectivity index (χ1v) is 9.85. The van der Waals surface area contributed by atoms with Crippen LogP contribution in [0.2, 0.25) is 0 Å². The average molecular weight is 403 g/mol. The van der Waals surface area contributed by atoms with E-state index in [2.05, 4.69) is 25.4 Å². The molecule has 4 aromatic rings. The summed E-state index contributed by atoms with van der Waals surface area (Å²) in [6.07, 6.45) is 1.72. The standard InChI is InChI=1S/C22H21N5O3/c1-12(2)20-26-22(30-27-20)16-11-23-21-15(6-4-13(3)24-21)19(16)25-14-5-7-17-18(10-14)29-9-8-28-17/h4-7,10-12H,8-9H2,1-3H3,(H,23,24,25). The van der Waals surface area contributed by atoms with Crippen molar-refractivity contribution in [2.24, 2.45) is 0 Å². The van der Waals surface area contributed by atoms with Crippen LogP contribution in [0.5, 0.6) is 11.5 Å². The Labute approximate surface area is 173 Å². The lowest BCUT2D eigenvalue weighted by Gasteiger charge is -2.20. The predicted octanol–water partition coefficient (Wildman–Crippen LogP) is 4.63. The van der Waals surface area contributed by atoms with E-state index in [9.17, 15) is 0 Å². The van der Waals surface area contributed by atoms with Crippen molar-refractivity contribution in [3.05, 3.63) is 48.0 Å². The molecule has 1 aliphatic heterocycles. The van der Waals surface area contributed by atoms with Crippen LogP contribution in [0.15, 0.2) is 41.1 Å². The van der Waals surface area contributed by atoms with E-state index in [-0.39, 0.29) is 5.92 Å². The van der Waals surface area contributed by atoms with E-state index in [0.717, 1.165) is 28.2 Å². The number of aryl methyl sites for hydroxylation is 1. The molecular formula is C22H21N5O3. The number of nitrogens with one attached hydrogen (secondary N) is 1. The highest BCUT2D eigenvalue weighted by atomic mass is 16.6. The highest BCUT2D eigenvalue weighted by Gasteiger charge is 2.20. The van der Waals surface area contributed by atoms with Crippen LogP contribution in [0.3, 0.4) is 0 Å². The zero-order valence-electron chi connectivity index (χ0n) is 17.0. The molecule has 5 rings (SSSR count). The van der Waals surface area contributed by atoms with Crippen LogP contribution in [0, 0.1) is 6.92 Å². The molecule has 0 saturated heterocycles. The van der Waals surface area contributed by atoms with E-state index in [4.69, 9.17) is 14.0 Å². The van der Waals surface area contributed by atoms with Crippen molar-refractivity contribution in [1.82, 2.24) is 20.1 Å². The van der Waals surface area contributed by atoms with E-state index < -0.39 is 0 Å². The zero-order valence-corrected chi connectivity index (χ0v) is 17.0. The molecule has 152 valence electrons. The topological polar surface area (TPSA) is 95.2 Å². The molecule has 1 aromatic carbocycles. The minimum Gasteiger partial charge on any atom is -0.486 e. The summed E-state index contributed by atoms with van der Waals surface area (Å²) in [6, 6.07) is 9.70. The first kappa shape index (κ1) is 18.4. The summed E-state index contributed by atoms with van der Waals surface area (Å²) in [5.74, 6) is 2.67. The molecule has 0 saturated carbocycles. The van der Waals surface area contributed by atoms with Gasteiger partial charge in [0.15, 0.2) is 23.0 Å². The molecule has 0 atom stereocenters. The molecule has 0 fully saturated rings. The Kier molecular flexibility index (Phi) is 4.46. The van der Waals surface area contributed by atoms with E-state index >= 15 is 0 Å². The Bertz CT molecular complexity index is 1230. The Morgan fingerprint density at radius 2 is 1.83 bits per heavy atom. The van der Waals surface area contributed by atoms with Crippen LogP contribution < -0.4 is 14.8 Å². The highest BCUT2D eigenvalue weighted by molar-refractivity contribution is 5.98. The van der Waals surface area contributed by atoms with Crippen molar-refractivity contribution >= 4 is 22.4 Å². The zero-order chi connectivity index (χ0) is 20.7. The van der Waals surface area contributed by atoms with E-state index in [1.165, 1.54) is 0 Å². The monoisotopic (exact) mass is 403 g/mol. The Morgan fingerprint density at radius 3 is 2.63 bits per heavy atom. The second-order valence-corrected chi connectivity index (χ2v) is 7.47. The number of anilines is 2. The predicted molar refractivity (Wildman–Crippen MR) is 112 cm³/mol. The summed E-state index contributed by atoms with van der Waals surface area (Å²) in [6.45, 7) is 7.07. The number of rotatable bonds is 4. The Balaban J connectivity index is 1.64. The first-order valence-electron chi connectivity index (χ1n) is 9.85. The molecule has 0 aliphatic carbocycles. The van der Waals surface area contributed by atoms with Crippen LogP contribution in [0.1, 0.15) is 31.3 Å². The molecule has 0 spiro atoms. The van der Waals surface area contributed by atoms with Crippen molar-refractivity contribution in [3.8, 4) is 23.0 Å². The fourth-order valence-corrected chi connectivity index (χ4v) is 3.31. The van der Waals surface area contributed by atoms with Gasteiger partial charge in [-0.2, -0.15) is 4.98 Å². The lowest BCUT2D eigenvalue weighted by Crippen LogP contribution is -2.15. The Morgan fingerprint density at radius 1 is 1.00 bits per heavy atom. The van der Waals surface area contributed by atoms with Gasteiger partial charge in [-0.15, -0.1) is 0 Å². The number of aromatic nitrogens is 4. The minimum absolute atomic E-state index is 0.162. The van der Waals surface area contributed by atoms with E-state index in [1.54, 1.807) is 6.20 Å². The third kappa shape index (κ3) is 3.30. The highest BCUT2D eigenvalue weighted by Crippen LogP contribution is 2.38. The summed E-state index contributed by atoms with van der Waals surface area (Å²) in [7, 11) is 0. The van der Waals surface area contributed by atoms with Crippen molar-refractivity contribution in [2.45, 2.75) is 26.7 Å². The normalized spacial score (nSPS) is 13.1. The van der Waals surface area contributed by atoms with E-state index in [1.807, 2.05) is 51.1 Å². The molecule has 0 amide bonds. The van der Waals surface area contributed by atoms with Crippen molar-refractivity contribution in [3.63, 3.8) is 0 Å². The number of benzene rings is 1. The van der Waals surface area contributed by atoms with E-state index in [0.29, 0.717) is 41.9 Å². The van der Waals surface area contributed by atoms with Crippen LogP contribution in [-0.2, 0) is 0 Å². The van der Waals surface area contributed by atoms with Gasteiger partial charge in [0.25, 0.3) is 5.89 Å². The summed E-state index contributed by atoms with van der Waals surface area (Å²) in [4.78, 5) is 13.6. The summed E-state index contributed by atoms with van der Waals surface area (Å²) in [5, 5.41) is 8.44. The van der Waals surface area contributed by atoms with Gasteiger partial charge in [0.05, 0.1) is 11.3 Å². The lowest BCUT2D eigenvalue weighted by molar-refractivity contribution is 0.171. The molecule has 3 aromatic heterocycles. The third-order valence-electron chi connectivity index (χ3n) is 4.87. The van der Waals surface area contributed by atoms with Gasteiger partial charge in [-0.1, -0.05) is 19.0 Å². The second kappa shape index (κ2) is 7.29. The number of fused-ring (bicyclic) bond motifs is 2. The largest absolute Gasteiger partial charge is 0.486 e. The van der Waals surface area contributed by atoms with Crippen molar-refractivity contribution in [1.29, 1.82) is 0 Å². The van der Waals surface area contributed by atoms with Gasteiger partial charge in [-0.3, -0.25) is 0 Å². The van der Waals surface area contributed by atoms with Gasteiger partial charge in [0.1, 0.15) is 13.2 Å². The van der Waals surface area contributed by atoms with Gasteiger partial charge in [-0.25, -0.2) is 9.97 Å². The quantitative estimate of drug-likeness (QED) is 0.527. The van der Waals surface area contributed by atoms with Crippen LogP contribution in [0.4, 0.5) is 11.4 Å². The maximum Gasteiger partial charge on any atom is 0.261 e. The molecule has 0 radical (unpaired) electrons. The summed E-state index contributed by atoms with van der Waals surface area (Å²) in [5.41, 5.74) is 3.89. The van der Waals surface area contributed by atoms with Gasteiger partial charge >= 0.3 is 0 Å². The van der Waals surface area contributed by atoms with Crippen molar-refractivity contribution < 1.29 is 14.0 Å². The molecule has 8 heteroatoms. The molecule has 30 heavy (non-hydrogen) atoms. The van der Waals surface area contributed by atoms with Crippen LogP contribution in [-0.4, -0.2) is 33.3 Å². The van der Waals surface area contributed by atoms with Crippen LogP contribution in [0.25, 0.3) is 22.5 Å². The number of nitrogens with zero attached hydrogens (tertiary/aromatic N) is 4. The molecule has 8 nitrogen and oxygen atoms in total. The SMILES string of the molecule is Cc1ccc2c(Nc3ccc4c(c3)OCCO4)c(-c3nc(C(C)C)no3)cnc2n1. The average Bonchev–Trinajstić information content (AvgIpc) is 3.24. The van der Waals surface area contributed by atoms with Gasteiger partial charge in [-0.05, 0) is 31.2 Å². The number of ether oxygens (including phenoxy) is 2. The maximum absolute atomic E-state index is 5.72. The molecule has 0 bridgehead atoms. The molecule has 1 aliphatic rings. The molecule has 4 heterocycles. The summed E-state index contributed by atoms with van der Waals surface area (Å²) < 4.78 is 16.9. The lowest BCUT2D eigenvalue weighted by atomic mass is 10.1.